The molecule has 0 spiro atoms. The number of rotatable bonds is 5. The van der Waals surface area contributed by atoms with Gasteiger partial charge in [-0.1, -0.05) is 35.3 Å². The van der Waals surface area contributed by atoms with Crippen LogP contribution in [-0.4, -0.2) is 25.0 Å². The van der Waals surface area contributed by atoms with Crippen LogP contribution in [0.2, 0.25) is 10.0 Å². The van der Waals surface area contributed by atoms with E-state index in [1.807, 2.05) is 24.3 Å². The van der Waals surface area contributed by atoms with Crippen molar-refractivity contribution in [3.63, 3.8) is 0 Å². The van der Waals surface area contributed by atoms with E-state index in [1.165, 1.54) is 6.08 Å². The third-order valence-corrected chi connectivity index (χ3v) is 3.79. The summed E-state index contributed by atoms with van der Waals surface area (Å²) in [7, 11) is 3.32. The Morgan fingerprint density at radius 2 is 1.78 bits per heavy atom. The highest BCUT2D eigenvalue weighted by atomic mass is 35.5. The van der Waals surface area contributed by atoms with E-state index in [0.29, 0.717) is 22.3 Å². The summed E-state index contributed by atoms with van der Waals surface area (Å²) in [6, 6.07) is 12.7. The summed E-state index contributed by atoms with van der Waals surface area (Å²) in [5, 5.41) is 1.27. The van der Waals surface area contributed by atoms with Crippen LogP contribution in [0.4, 0.5) is 0 Å². The minimum atomic E-state index is -0.109. The molecule has 0 saturated carbocycles. The molecule has 0 N–H and O–H groups in total. The summed E-state index contributed by atoms with van der Waals surface area (Å²) < 4.78 is 5.25. The van der Waals surface area contributed by atoms with Crippen LogP contribution in [-0.2, 0) is 11.3 Å². The van der Waals surface area contributed by atoms with Crippen LogP contribution in [0.1, 0.15) is 11.1 Å². The maximum absolute atomic E-state index is 12.2. The molecule has 2 aromatic rings. The van der Waals surface area contributed by atoms with Gasteiger partial charge >= 0.3 is 0 Å². The topological polar surface area (TPSA) is 29.5 Å². The Bertz CT molecular complexity index is 711. The van der Waals surface area contributed by atoms with Gasteiger partial charge in [0.15, 0.2) is 0 Å². The van der Waals surface area contributed by atoms with Crippen LogP contribution >= 0.6 is 23.2 Å². The van der Waals surface area contributed by atoms with E-state index in [0.717, 1.165) is 11.1 Å². The van der Waals surface area contributed by atoms with Gasteiger partial charge in [-0.15, -0.1) is 0 Å². The van der Waals surface area contributed by atoms with E-state index in [9.17, 15) is 4.79 Å². The highest BCUT2D eigenvalue weighted by Gasteiger charge is 2.07. The number of carbonyl (C=O) groups is 1. The molecule has 1 amide bonds. The van der Waals surface area contributed by atoms with Crippen LogP contribution in [0.3, 0.4) is 0 Å². The molecule has 0 saturated heterocycles. The Balaban J connectivity index is 2.05. The quantitative estimate of drug-likeness (QED) is 0.733. The number of ether oxygens (including phenoxy) is 1. The normalized spacial score (nSPS) is 10.8. The van der Waals surface area contributed by atoms with Crippen molar-refractivity contribution in [2.24, 2.45) is 0 Å². The fourth-order valence-electron chi connectivity index (χ4n) is 2.07. The van der Waals surface area contributed by atoms with Crippen molar-refractivity contribution in [1.29, 1.82) is 0 Å². The van der Waals surface area contributed by atoms with Gasteiger partial charge in [0.25, 0.3) is 0 Å². The van der Waals surface area contributed by atoms with Gasteiger partial charge < -0.3 is 9.64 Å². The standard InChI is InChI=1S/C18H17Cl2NO2/c1-21(12-13-3-6-15(19)7-4-13)18(22)10-5-14-11-16(20)8-9-17(14)23-2/h3-11H,12H2,1-2H3/b10-5+. The summed E-state index contributed by atoms with van der Waals surface area (Å²) in [6.45, 7) is 0.507. The van der Waals surface area contributed by atoms with E-state index >= 15 is 0 Å². The maximum Gasteiger partial charge on any atom is 0.246 e. The lowest BCUT2D eigenvalue weighted by atomic mass is 10.1. The number of methoxy groups -OCH3 is 1. The monoisotopic (exact) mass is 349 g/mol. The second kappa shape index (κ2) is 8.04. The van der Waals surface area contributed by atoms with E-state index in [1.54, 1.807) is 43.3 Å². The average molecular weight is 350 g/mol. The zero-order chi connectivity index (χ0) is 16.8. The Kier molecular flexibility index (Phi) is 6.08. The molecule has 0 bridgehead atoms. The average Bonchev–Trinajstić information content (AvgIpc) is 2.54. The van der Waals surface area contributed by atoms with Crippen LogP contribution in [0.25, 0.3) is 6.08 Å². The first-order chi connectivity index (χ1) is 11.0. The lowest BCUT2D eigenvalue weighted by molar-refractivity contribution is -0.125. The molecular formula is C18H17Cl2NO2. The van der Waals surface area contributed by atoms with Gasteiger partial charge in [0, 0.05) is 35.3 Å². The molecule has 3 nitrogen and oxygen atoms in total. The van der Waals surface area contributed by atoms with Crippen molar-refractivity contribution < 1.29 is 9.53 Å². The summed E-state index contributed by atoms with van der Waals surface area (Å²) >= 11 is 11.8. The third kappa shape index (κ3) is 5.02. The number of hydrogen-bond acceptors (Lipinski definition) is 2. The van der Waals surface area contributed by atoms with Crippen LogP contribution in [0.15, 0.2) is 48.5 Å². The predicted molar refractivity (Wildman–Crippen MR) is 95.0 cm³/mol. The third-order valence-electron chi connectivity index (χ3n) is 3.31. The van der Waals surface area contributed by atoms with Crippen LogP contribution < -0.4 is 4.74 Å². The molecule has 0 heterocycles. The summed E-state index contributed by atoms with van der Waals surface area (Å²) in [4.78, 5) is 13.8. The van der Waals surface area contributed by atoms with Gasteiger partial charge in [0.2, 0.25) is 5.91 Å². The van der Waals surface area contributed by atoms with Crippen molar-refractivity contribution in [2.75, 3.05) is 14.2 Å². The fraction of sp³-hybridized carbons (Fsp3) is 0.167. The summed E-state index contributed by atoms with van der Waals surface area (Å²) in [5.41, 5.74) is 1.77. The number of benzene rings is 2. The van der Waals surface area contributed by atoms with Crippen molar-refractivity contribution in [3.8, 4) is 5.75 Å². The zero-order valence-electron chi connectivity index (χ0n) is 12.9. The molecule has 23 heavy (non-hydrogen) atoms. The molecule has 0 aliphatic rings. The van der Waals surface area contributed by atoms with E-state index in [4.69, 9.17) is 27.9 Å². The number of nitrogens with zero attached hydrogens (tertiary/aromatic N) is 1. The van der Waals surface area contributed by atoms with Crippen LogP contribution in [0.5, 0.6) is 5.75 Å². The largest absolute Gasteiger partial charge is 0.496 e. The SMILES string of the molecule is COc1ccc(Cl)cc1/C=C/C(=O)N(C)Cc1ccc(Cl)cc1. The number of halogens is 2. The molecular weight excluding hydrogens is 333 g/mol. The first-order valence-electron chi connectivity index (χ1n) is 7.01. The highest BCUT2D eigenvalue weighted by molar-refractivity contribution is 6.31. The van der Waals surface area contributed by atoms with Gasteiger partial charge in [-0.05, 0) is 42.0 Å². The molecule has 2 aromatic carbocycles. The second-order valence-corrected chi connectivity index (χ2v) is 5.91. The molecule has 0 atom stereocenters. The first kappa shape index (κ1) is 17.4. The Morgan fingerprint density at radius 3 is 2.43 bits per heavy atom. The molecule has 2 rings (SSSR count). The molecule has 5 heteroatoms. The minimum absolute atomic E-state index is 0.109. The highest BCUT2D eigenvalue weighted by Crippen LogP contribution is 2.23. The van der Waals surface area contributed by atoms with Crippen LogP contribution in [0, 0.1) is 0 Å². The summed E-state index contributed by atoms with van der Waals surface area (Å²) in [5.74, 6) is 0.556. The number of carbonyl (C=O) groups excluding carboxylic acids is 1. The Morgan fingerprint density at radius 1 is 1.13 bits per heavy atom. The second-order valence-electron chi connectivity index (χ2n) is 5.04. The van der Waals surface area contributed by atoms with E-state index < -0.39 is 0 Å². The number of likely N-dealkylation sites (N-methyl/N-ethyl adjacent to an activating group) is 1. The van der Waals surface area contributed by atoms with Gasteiger partial charge in [-0.2, -0.15) is 0 Å². The maximum atomic E-state index is 12.2. The van der Waals surface area contributed by atoms with Crippen molar-refractivity contribution >= 4 is 35.2 Å². The zero-order valence-corrected chi connectivity index (χ0v) is 14.4. The lowest BCUT2D eigenvalue weighted by Crippen LogP contribution is -2.24. The minimum Gasteiger partial charge on any atom is -0.496 e. The smallest absolute Gasteiger partial charge is 0.246 e. The van der Waals surface area contributed by atoms with Gasteiger partial charge in [0.1, 0.15) is 5.75 Å². The molecule has 0 fully saturated rings. The predicted octanol–water partition coefficient (Wildman–Crippen LogP) is 4.67. The molecule has 120 valence electrons. The Labute approximate surface area is 146 Å². The van der Waals surface area contributed by atoms with Crippen molar-refractivity contribution in [3.05, 3.63) is 69.7 Å². The molecule has 0 aliphatic heterocycles. The molecule has 0 radical (unpaired) electrons. The fourth-order valence-corrected chi connectivity index (χ4v) is 2.37. The number of amides is 1. The summed E-state index contributed by atoms with van der Waals surface area (Å²) in [6.07, 6.45) is 3.20. The number of hydrogen-bond donors (Lipinski definition) is 0. The Hall–Kier alpha value is -1.97. The van der Waals surface area contributed by atoms with Gasteiger partial charge in [-0.25, -0.2) is 0 Å². The molecule has 0 aromatic heterocycles. The van der Waals surface area contributed by atoms with Gasteiger partial charge in [0.05, 0.1) is 7.11 Å². The first-order valence-corrected chi connectivity index (χ1v) is 7.76. The molecule has 0 aliphatic carbocycles. The van der Waals surface area contributed by atoms with Crippen molar-refractivity contribution in [2.45, 2.75) is 6.54 Å². The van der Waals surface area contributed by atoms with Gasteiger partial charge in [-0.3, -0.25) is 4.79 Å². The molecule has 0 unspecified atom stereocenters. The van der Waals surface area contributed by atoms with E-state index in [2.05, 4.69) is 0 Å². The van der Waals surface area contributed by atoms with Crippen molar-refractivity contribution in [1.82, 2.24) is 4.90 Å². The lowest BCUT2D eigenvalue weighted by Gasteiger charge is -2.15. The van der Waals surface area contributed by atoms with E-state index in [-0.39, 0.29) is 5.91 Å².